The lowest BCUT2D eigenvalue weighted by atomic mass is 10.1. The number of nitro groups is 1. The van der Waals surface area contributed by atoms with Crippen LogP contribution >= 0.6 is 11.6 Å². The van der Waals surface area contributed by atoms with Crippen LogP contribution in [0.25, 0.3) is 0 Å². The van der Waals surface area contributed by atoms with Crippen LogP contribution in [0.5, 0.6) is 5.75 Å². The zero-order chi connectivity index (χ0) is 19.3. The Balaban J connectivity index is 1.95. The predicted octanol–water partition coefficient (Wildman–Crippen LogP) is 2.71. The van der Waals surface area contributed by atoms with Crippen molar-refractivity contribution < 1.29 is 19.2 Å². The number of hydrogen-bond donors (Lipinski definition) is 2. The quantitative estimate of drug-likeness (QED) is 0.614. The summed E-state index contributed by atoms with van der Waals surface area (Å²) in [6.07, 6.45) is 0. The van der Waals surface area contributed by atoms with Gasteiger partial charge in [-0.1, -0.05) is 29.8 Å². The molecule has 2 amide bonds. The summed E-state index contributed by atoms with van der Waals surface area (Å²) in [4.78, 5) is 34.2. The third kappa shape index (κ3) is 4.70. The molecule has 2 aromatic carbocycles. The number of nitrogens with zero attached hydrogens (tertiary/aromatic N) is 1. The van der Waals surface area contributed by atoms with Crippen LogP contribution in [0.4, 0.5) is 5.69 Å². The molecule has 2 N–H and O–H groups in total. The molecule has 2 rings (SSSR count). The second-order valence-corrected chi connectivity index (χ2v) is 5.87. The molecule has 0 heterocycles. The summed E-state index contributed by atoms with van der Waals surface area (Å²) in [6.45, 7) is 3.37. The number of rotatable bonds is 5. The van der Waals surface area contributed by atoms with E-state index < -0.39 is 22.4 Å². The maximum atomic E-state index is 12.1. The van der Waals surface area contributed by atoms with E-state index in [1.807, 2.05) is 32.0 Å². The Bertz CT molecular complexity index is 849. The molecule has 0 aromatic heterocycles. The minimum atomic E-state index is -0.839. The Morgan fingerprint density at radius 3 is 2.42 bits per heavy atom. The van der Waals surface area contributed by atoms with Gasteiger partial charge in [0.2, 0.25) is 0 Å². The fourth-order valence-electron chi connectivity index (χ4n) is 2.24. The van der Waals surface area contributed by atoms with Crippen molar-refractivity contribution in [2.75, 3.05) is 6.61 Å². The highest BCUT2D eigenvalue weighted by atomic mass is 35.5. The van der Waals surface area contributed by atoms with Gasteiger partial charge in [-0.15, -0.1) is 0 Å². The number of para-hydroxylation sites is 1. The molecule has 0 spiro atoms. The van der Waals surface area contributed by atoms with E-state index in [-0.39, 0.29) is 17.2 Å². The van der Waals surface area contributed by atoms with Gasteiger partial charge in [-0.2, -0.15) is 0 Å². The summed E-state index contributed by atoms with van der Waals surface area (Å²) in [7, 11) is 0. The lowest BCUT2D eigenvalue weighted by molar-refractivity contribution is -0.385. The molecule has 0 aliphatic rings. The number of amides is 2. The van der Waals surface area contributed by atoms with Gasteiger partial charge >= 0.3 is 0 Å². The number of hydrogen-bond acceptors (Lipinski definition) is 5. The minimum Gasteiger partial charge on any atom is -0.483 e. The highest BCUT2D eigenvalue weighted by Crippen LogP contribution is 2.23. The molecule has 0 saturated heterocycles. The van der Waals surface area contributed by atoms with Crippen LogP contribution in [0.15, 0.2) is 36.4 Å². The maximum Gasteiger partial charge on any atom is 0.283 e. The number of carbonyl (C=O) groups is 2. The van der Waals surface area contributed by atoms with E-state index in [1.165, 1.54) is 12.1 Å². The van der Waals surface area contributed by atoms with Gasteiger partial charge in [0, 0.05) is 11.1 Å². The molecule has 0 atom stereocenters. The molecule has 9 heteroatoms. The van der Waals surface area contributed by atoms with Crippen LogP contribution in [-0.4, -0.2) is 23.3 Å². The van der Waals surface area contributed by atoms with Gasteiger partial charge in [0.1, 0.15) is 11.3 Å². The van der Waals surface area contributed by atoms with Gasteiger partial charge in [0.05, 0.1) is 4.92 Å². The minimum absolute atomic E-state index is 0.124. The SMILES string of the molecule is Cc1cccc(C)c1OCC(=O)NNC(=O)c1ccc(Cl)cc1[N+](=O)[O-]. The van der Waals surface area contributed by atoms with Gasteiger partial charge in [0.15, 0.2) is 6.61 Å². The summed E-state index contributed by atoms with van der Waals surface area (Å²) in [5.74, 6) is -0.867. The molecule has 0 radical (unpaired) electrons. The van der Waals surface area contributed by atoms with Crippen molar-refractivity contribution in [2.24, 2.45) is 0 Å². The molecule has 0 aliphatic heterocycles. The van der Waals surface area contributed by atoms with Gasteiger partial charge < -0.3 is 4.74 Å². The molecule has 26 heavy (non-hydrogen) atoms. The van der Waals surface area contributed by atoms with Crippen molar-refractivity contribution in [1.82, 2.24) is 10.9 Å². The van der Waals surface area contributed by atoms with Crippen LogP contribution in [0.3, 0.4) is 0 Å². The number of benzene rings is 2. The monoisotopic (exact) mass is 377 g/mol. The first kappa shape index (κ1) is 19.2. The molecule has 0 saturated carbocycles. The third-order valence-corrected chi connectivity index (χ3v) is 3.71. The lowest BCUT2D eigenvalue weighted by Crippen LogP contribution is -2.44. The second kappa shape index (κ2) is 8.30. The predicted molar refractivity (Wildman–Crippen MR) is 95.1 cm³/mol. The van der Waals surface area contributed by atoms with Gasteiger partial charge in [0.25, 0.3) is 17.5 Å². The van der Waals surface area contributed by atoms with Crippen molar-refractivity contribution in [3.8, 4) is 5.75 Å². The van der Waals surface area contributed by atoms with E-state index in [1.54, 1.807) is 0 Å². The molecule has 0 aliphatic carbocycles. The number of aryl methyl sites for hydroxylation is 2. The summed E-state index contributed by atoms with van der Waals surface area (Å²) < 4.78 is 5.46. The van der Waals surface area contributed by atoms with Crippen molar-refractivity contribution in [2.45, 2.75) is 13.8 Å². The first-order chi connectivity index (χ1) is 12.3. The Hall–Kier alpha value is -3.13. The maximum absolute atomic E-state index is 12.1. The van der Waals surface area contributed by atoms with Crippen LogP contribution in [-0.2, 0) is 4.79 Å². The van der Waals surface area contributed by atoms with Crippen molar-refractivity contribution in [3.63, 3.8) is 0 Å². The fraction of sp³-hybridized carbons (Fsp3) is 0.176. The Labute approximate surface area is 154 Å². The molecule has 8 nitrogen and oxygen atoms in total. The van der Waals surface area contributed by atoms with Crippen LogP contribution in [0.1, 0.15) is 21.5 Å². The van der Waals surface area contributed by atoms with Crippen molar-refractivity contribution in [1.29, 1.82) is 0 Å². The molecule has 0 fully saturated rings. The average Bonchev–Trinajstić information content (AvgIpc) is 2.59. The van der Waals surface area contributed by atoms with E-state index in [4.69, 9.17) is 16.3 Å². The molecular weight excluding hydrogens is 362 g/mol. The largest absolute Gasteiger partial charge is 0.483 e. The number of ether oxygens (including phenoxy) is 1. The van der Waals surface area contributed by atoms with Gasteiger partial charge in [-0.25, -0.2) is 0 Å². The summed E-state index contributed by atoms with van der Waals surface area (Å²) >= 11 is 5.70. The molecule has 2 aromatic rings. The van der Waals surface area contributed by atoms with Crippen LogP contribution in [0, 0.1) is 24.0 Å². The topological polar surface area (TPSA) is 111 Å². The van der Waals surface area contributed by atoms with Crippen molar-refractivity contribution in [3.05, 3.63) is 68.2 Å². The zero-order valence-corrected chi connectivity index (χ0v) is 14.8. The van der Waals surface area contributed by atoms with Gasteiger partial charge in [-0.3, -0.25) is 30.6 Å². The third-order valence-electron chi connectivity index (χ3n) is 3.47. The molecular formula is C17H16ClN3O5. The van der Waals surface area contributed by atoms with Gasteiger partial charge in [-0.05, 0) is 37.1 Å². The molecule has 0 bridgehead atoms. The summed E-state index contributed by atoms with van der Waals surface area (Å²) in [5, 5.41) is 11.1. The van der Waals surface area contributed by atoms with E-state index in [2.05, 4.69) is 10.9 Å². The van der Waals surface area contributed by atoms with Crippen molar-refractivity contribution >= 4 is 29.1 Å². The smallest absolute Gasteiger partial charge is 0.283 e. The van der Waals surface area contributed by atoms with E-state index in [0.29, 0.717) is 5.75 Å². The summed E-state index contributed by atoms with van der Waals surface area (Å²) in [6, 6.07) is 9.17. The number of hydrazine groups is 1. The van der Waals surface area contributed by atoms with Crippen LogP contribution < -0.4 is 15.6 Å². The summed E-state index contributed by atoms with van der Waals surface area (Å²) in [5.41, 5.74) is 5.32. The molecule has 0 unspecified atom stereocenters. The highest BCUT2D eigenvalue weighted by Gasteiger charge is 2.21. The van der Waals surface area contributed by atoms with E-state index in [0.717, 1.165) is 17.2 Å². The first-order valence-corrected chi connectivity index (χ1v) is 7.89. The standard InChI is InChI=1S/C17H16ClN3O5/c1-10-4-3-5-11(2)16(10)26-9-15(22)19-20-17(23)13-7-6-12(18)8-14(13)21(24)25/h3-8H,9H2,1-2H3,(H,19,22)(H,20,23). The molecule has 136 valence electrons. The Morgan fingerprint density at radius 2 is 1.81 bits per heavy atom. The normalized spacial score (nSPS) is 10.1. The Kier molecular flexibility index (Phi) is 6.13. The zero-order valence-electron chi connectivity index (χ0n) is 14.0. The number of halogens is 1. The van der Waals surface area contributed by atoms with Crippen LogP contribution in [0.2, 0.25) is 5.02 Å². The second-order valence-electron chi connectivity index (χ2n) is 5.43. The average molecular weight is 378 g/mol. The number of nitrogens with one attached hydrogen (secondary N) is 2. The highest BCUT2D eigenvalue weighted by molar-refractivity contribution is 6.31. The van der Waals surface area contributed by atoms with E-state index >= 15 is 0 Å². The fourth-order valence-corrected chi connectivity index (χ4v) is 2.41. The number of nitro benzene ring substituents is 1. The lowest BCUT2D eigenvalue weighted by Gasteiger charge is -2.12. The first-order valence-electron chi connectivity index (χ1n) is 7.51. The number of carbonyl (C=O) groups excluding carboxylic acids is 2. The Morgan fingerprint density at radius 1 is 1.15 bits per heavy atom. The van der Waals surface area contributed by atoms with E-state index in [9.17, 15) is 19.7 Å².